The third-order valence-electron chi connectivity index (χ3n) is 3.27. The number of aromatic nitrogens is 2. The molecule has 0 unspecified atom stereocenters. The highest BCUT2D eigenvalue weighted by molar-refractivity contribution is 6.09. The van der Waals surface area contributed by atoms with E-state index in [0.29, 0.717) is 28.8 Å². The van der Waals surface area contributed by atoms with Crippen molar-refractivity contribution in [2.45, 2.75) is 6.42 Å². The highest BCUT2D eigenvalue weighted by Gasteiger charge is 2.28. The maximum atomic E-state index is 11.9. The molecule has 0 radical (unpaired) electrons. The number of hydrogen-bond acceptors (Lipinski definition) is 4. The average molecular weight is 272 g/mol. The summed E-state index contributed by atoms with van der Waals surface area (Å²) in [5, 5.41) is 7.30. The van der Waals surface area contributed by atoms with Gasteiger partial charge in [0.25, 0.3) is 0 Å². The monoisotopic (exact) mass is 272 g/mol. The Hall–Kier alpha value is -2.70. The quantitative estimate of drug-likeness (QED) is 0.821. The minimum atomic E-state index is -0.470. The molecule has 3 amide bonds. The molecule has 7 nitrogen and oxygen atoms in total. The number of rotatable bonds is 2. The molecule has 1 aliphatic heterocycles. The second kappa shape index (κ2) is 4.44. The molecule has 20 heavy (non-hydrogen) atoms. The minimum absolute atomic E-state index is 0.242. The third-order valence-corrected chi connectivity index (χ3v) is 3.27. The molecule has 1 N–H and O–H groups in total. The molecule has 1 fully saturated rings. The smallest absolute Gasteiger partial charge is 0.298 e. The summed E-state index contributed by atoms with van der Waals surface area (Å²) < 4.78 is 1.58. The normalized spacial score (nSPS) is 15.6. The van der Waals surface area contributed by atoms with E-state index in [4.69, 9.17) is 0 Å². The van der Waals surface area contributed by atoms with E-state index in [1.54, 1.807) is 29.9 Å². The van der Waals surface area contributed by atoms with Crippen LogP contribution in [0.25, 0.3) is 10.9 Å². The average Bonchev–Trinajstić information content (AvgIpc) is 2.74. The van der Waals surface area contributed by atoms with Crippen molar-refractivity contribution >= 4 is 34.9 Å². The van der Waals surface area contributed by atoms with Crippen molar-refractivity contribution in [1.29, 1.82) is 0 Å². The number of carbonyl (C=O) groups excluding carboxylic acids is 3. The molecule has 1 aliphatic rings. The maximum Gasteiger partial charge on any atom is 0.329 e. The van der Waals surface area contributed by atoms with Gasteiger partial charge in [0.1, 0.15) is 12.1 Å². The minimum Gasteiger partial charge on any atom is -0.298 e. The summed E-state index contributed by atoms with van der Waals surface area (Å²) in [7, 11) is 1.72. The summed E-state index contributed by atoms with van der Waals surface area (Å²) in [6.07, 6.45) is 0.988. The molecule has 1 aromatic heterocycles. The zero-order valence-corrected chi connectivity index (χ0v) is 10.8. The first kappa shape index (κ1) is 12.3. The van der Waals surface area contributed by atoms with Crippen LogP contribution < -0.4 is 10.2 Å². The SMILES string of the molecule is Cn1nc2ccc(C=O)cc2c1N1CCC(=O)NC1=O. The molecule has 102 valence electrons. The van der Waals surface area contributed by atoms with Crippen LogP contribution in [-0.2, 0) is 11.8 Å². The van der Waals surface area contributed by atoms with E-state index >= 15 is 0 Å². The predicted octanol–water partition coefficient (Wildman–Crippen LogP) is 0.832. The van der Waals surface area contributed by atoms with E-state index in [1.165, 1.54) is 4.90 Å². The molecule has 0 bridgehead atoms. The summed E-state index contributed by atoms with van der Waals surface area (Å²) in [6.45, 7) is 0.296. The van der Waals surface area contributed by atoms with Crippen LogP contribution in [0.5, 0.6) is 0 Å². The van der Waals surface area contributed by atoms with Crippen LogP contribution >= 0.6 is 0 Å². The van der Waals surface area contributed by atoms with E-state index in [0.717, 1.165) is 6.29 Å². The lowest BCUT2D eigenvalue weighted by atomic mass is 10.1. The van der Waals surface area contributed by atoms with Crippen LogP contribution in [0, 0.1) is 0 Å². The molecule has 0 atom stereocenters. The van der Waals surface area contributed by atoms with Gasteiger partial charge in [-0.05, 0) is 18.2 Å². The highest BCUT2D eigenvalue weighted by atomic mass is 16.2. The third kappa shape index (κ3) is 1.83. The standard InChI is InChI=1S/C13H12N4O3/c1-16-12(17-5-4-11(19)14-13(17)20)9-6-8(7-18)2-3-10(9)15-16/h2-3,6-7H,4-5H2,1H3,(H,14,19,20). The van der Waals surface area contributed by atoms with Crippen molar-refractivity contribution in [3.63, 3.8) is 0 Å². The predicted molar refractivity (Wildman–Crippen MR) is 71.6 cm³/mol. The molecule has 0 saturated carbocycles. The van der Waals surface area contributed by atoms with Gasteiger partial charge in [-0.2, -0.15) is 5.10 Å². The van der Waals surface area contributed by atoms with Gasteiger partial charge in [-0.15, -0.1) is 0 Å². The van der Waals surface area contributed by atoms with Crippen molar-refractivity contribution in [3.8, 4) is 0 Å². The molecule has 2 aromatic rings. The van der Waals surface area contributed by atoms with Crippen LogP contribution in [0.2, 0.25) is 0 Å². The molecular weight excluding hydrogens is 260 g/mol. The van der Waals surface area contributed by atoms with Gasteiger partial charge in [-0.3, -0.25) is 24.5 Å². The summed E-state index contributed by atoms with van der Waals surface area (Å²) >= 11 is 0. The molecule has 3 rings (SSSR count). The van der Waals surface area contributed by atoms with Gasteiger partial charge in [0.2, 0.25) is 5.91 Å². The Kier molecular flexibility index (Phi) is 2.74. The number of imide groups is 1. The summed E-state index contributed by atoms with van der Waals surface area (Å²) in [4.78, 5) is 35.5. The van der Waals surface area contributed by atoms with Gasteiger partial charge in [-0.25, -0.2) is 4.79 Å². The molecule has 7 heteroatoms. The summed E-state index contributed by atoms with van der Waals surface area (Å²) in [5.74, 6) is 0.292. The molecule has 2 heterocycles. The number of nitrogens with zero attached hydrogens (tertiary/aromatic N) is 3. The van der Waals surface area contributed by atoms with E-state index < -0.39 is 6.03 Å². The van der Waals surface area contributed by atoms with Gasteiger partial charge in [-0.1, -0.05) is 0 Å². The number of carbonyl (C=O) groups is 3. The fourth-order valence-corrected chi connectivity index (χ4v) is 2.36. The van der Waals surface area contributed by atoms with Gasteiger partial charge in [0, 0.05) is 31.0 Å². The number of anilines is 1. The van der Waals surface area contributed by atoms with Gasteiger partial charge in [0.15, 0.2) is 0 Å². The summed E-state index contributed by atoms with van der Waals surface area (Å²) in [5.41, 5.74) is 1.21. The number of nitrogens with one attached hydrogen (secondary N) is 1. The topological polar surface area (TPSA) is 84.3 Å². The van der Waals surface area contributed by atoms with Crippen molar-refractivity contribution in [2.75, 3.05) is 11.4 Å². The van der Waals surface area contributed by atoms with E-state index in [1.807, 2.05) is 0 Å². The number of aryl methyl sites for hydroxylation is 1. The Morgan fingerprint density at radius 3 is 2.85 bits per heavy atom. The van der Waals surface area contributed by atoms with Crippen LogP contribution in [-0.4, -0.2) is 34.5 Å². The number of aldehydes is 1. The largest absolute Gasteiger partial charge is 0.329 e. The van der Waals surface area contributed by atoms with Crippen LogP contribution in [0.1, 0.15) is 16.8 Å². The Morgan fingerprint density at radius 2 is 2.15 bits per heavy atom. The first-order valence-corrected chi connectivity index (χ1v) is 6.13. The zero-order chi connectivity index (χ0) is 14.3. The number of hydrogen-bond donors (Lipinski definition) is 1. The van der Waals surface area contributed by atoms with Crippen molar-refractivity contribution in [3.05, 3.63) is 23.8 Å². The van der Waals surface area contributed by atoms with Crippen molar-refractivity contribution in [1.82, 2.24) is 15.1 Å². The molecule has 1 aromatic carbocycles. The molecule has 1 saturated heterocycles. The molecule has 0 aliphatic carbocycles. The fourth-order valence-electron chi connectivity index (χ4n) is 2.36. The molecular formula is C13H12N4O3. The van der Waals surface area contributed by atoms with E-state index in [9.17, 15) is 14.4 Å². The zero-order valence-electron chi connectivity index (χ0n) is 10.8. The first-order valence-electron chi connectivity index (χ1n) is 6.13. The number of benzene rings is 1. The molecule has 0 spiro atoms. The fraction of sp³-hybridized carbons (Fsp3) is 0.231. The van der Waals surface area contributed by atoms with Gasteiger partial charge >= 0.3 is 6.03 Å². The summed E-state index contributed by atoms with van der Waals surface area (Å²) in [6, 6.07) is 4.62. The van der Waals surface area contributed by atoms with Gasteiger partial charge < -0.3 is 0 Å². The van der Waals surface area contributed by atoms with Gasteiger partial charge in [0.05, 0.1) is 5.52 Å². The number of fused-ring (bicyclic) bond motifs is 1. The van der Waals surface area contributed by atoms with Crippen molar-refractivity contribution < 1.29 is 14.4 Å². The van der Waals surface area contributed by atoms with Crippen LogP contribution in [0.3, 0.4) is 0 Å². The number of urea groups is 1. The van der Waals surface area contributed by atoms with Crippen LogP contribution in [0.15, 0.2) is 18.2 Å². The highest BCUT2D eigenvalue weighted by Crippen LogP contribution is 2.28. The Balaban J connectivity index is 2.14. The second-order valence-electron chi connectivity index (χ2n) is 4.60. The lowest BCUT2D eigenvalue weighted by Crippen LogP contribution is -2.50. The lowest BCUT2D eigenvalue weighted by Gasteiger charge is -2.26. The lowest BCUT2D eigenvalue weighted by molar-refractivity contribution is -0.120. The first-order chi connectivity index (χ1) is 9.60. The van der Waals surface area contributed by atoms with Crippen molar-refractivity contribution in [2.24, 2.45) is 7.05 Å². The Labute approximate surface area is 114 Å². The second-order valence-corrected chi connectivity index (χ2v) is 4.60. The van der Waals surface area contributed by atoms with E-state index in [2.05, 4.69) is 10.4 Å². The number of amides is 3. The van der Waals surface area contributed by atoms with E-state index in [-0.39, 0.29) is 12.3 Å². The Bertz CT molecular complexity index is 735. The maximum absolute atomic E-state index is 11.9. The Morgan fingerprint density at radius 1 is 1.35 bits per heavy atom. The van der Waals surface area contributed by atoms with Crippen LogP contribution in [0.4, 0.5) is 10.6 Å².